The molecule has 4 rings (SSSR count). The summed E-state index contributed by atoms with van der Waals surface area (Å²) in [4.78, 5) is 0. The van der Waals surface area contributed by atoms with Crippen LogP contribution in [0.15, 0.2) is 48.4 Å². The molecule has 0 amide bonds. The molecule has 0 aliphatic carbocycles. The third-order valence-corrected chi connectivity index (χ3v) is 3.71. The van der Waals surface area contributed by atoms with Crippen LogP contribution in [0.3, 0.4) is 0 Å². The maximum atomic E-state index is 14.5. The average molecular weight is 272 g/mol. The van der Waals surface area contributed by atoms with Crippen LogP contribution in [0.1, 0.15) is 11.4 Å². The lowest BCUT2D eigenvalue weighted by Gasteiger charge is -2.30. The zero-order chi connectivity index (χ0) is 13.9. The van der Waals surface area contributed by atoms with E-state index in [-0.39, 0.29) is 0 Å². The highest BCUT2D eigenvalue weighted by atomic mass is 19.2. The lowest BCUT2D eigenvalue weighted by molar-refractivity contribution is -0.356. The van der Waals surface area contributed by atoms with Gasteiger partial charge in [-0.2, -0.15) is 5.10 Å². The second-order valence-corrected chi connectivity index (χ2v) is 4.94. The maximum absolute atomic E-state index is 14.5. The minimum absolute atomic E-state index is 0.500. The molecule has 2 aromatic heterocycles. The van der Waals surface area contributed by atoms with Gasteiger partial charge in [0.2, 0.25) is 0 Å². The summed E-state index contributed by atoms with van der Waals surface area (Å²) in [7, 11) is 1.81. The molecule has 20 heavy (non-hydrogen) atoms. The summed E-state index contributed by atoms with van der Waals surface area (Å²) < 4.78 is 32.7. The highest BCUT2D eigenvalue weighted by Gasteiger charge is 2.51. The quantitative estimate of drug-likeness (QED) is 0.728. The van der Waals surface area contributed by atoms with Crippen molar-refractivity contribution in [1.29, 1.82) is 0 Å². The van der Waals surface area contributed by atoms with Gasteiger partial charge in [-0.3, -0.25) is 4.68 Å². The predicted octanol–water partition coefficient (Wildman–Crippen LogP) is 1.87. The summed E-state index contributed by atoms with van der Waals surface area (Å²) in [5.74, 6) is 0. The van der Waals surface area contributed by atoms with Gasteiger partial charge in [0, 0.05) is 31.1 Å². The van der Waals surface area contributed by atoms with Crippen molar-refractivity contribution in [2.75, 3.05) is 0 Å². The van der Waals surface area contributed by atoms with Crippen molar-refractivity contribution >= 4 is 18.8 Å². The van der Waals surface area contributed by atoms with Crippen molar-refractivity contribution in [3.63, 3.8) is 0 Å². The summed E-state index contributed by atoms with van der Waals surface area (Å²) in [5.41, 5.74) is 2.42. The van der Waals surface area contributed by atoms with E-state index in [9.17, 15) is 8.63 Å². The van der Waals surface area contributed by atoms with Crippen LogP contribution in [0.25, 0.3) is 5.57 Å². The van der Waals surface area contributed by atoms with E-state index in [4.69, 9.17) is 0 Å². The molecule has 4 heterocycles. The van der Waals surface area contributed by atoms with E-state index in [1.54, 1.807) is 35.2 Å². The van der Waals surface area contributed by atoms with Crippen LogP contribution in [-0.2, 0) is 7.05 Å². The van der Waals surface area contributed by atoms with Crippen molar-refractivity contribution in [2.24, 2.45) is 7.05 Å². The first-order valence-corrected chi connectivity index (χ1v) is 6.33. The van der Waals surface area contributed by atoms with E-state index in [1.165, 1.54) is 12.4 Å². The summed E-state index contributed by atoms with van der Waals surface area (Å²) in [6.07, 6.45) is 7.99. The van der Waals surface area contributed by atoms with Crippen molar-refractivity contribution < 1.29 is 13.1 Å². The minimum Gasteiger partial charge on any atom is -0.396 e. The fourth-order valence-corrected chi connectivity index (χ4v) is 2.83. The zero-order valence-electron chi connectivity index (χ0n) is 10.7. The molecule has 0 N–H and O–H groups in total. The number of aromatic nitrogens is 3. The van der Waals surface area contributed by atoms with Gasteiger partial charge in [0.15, 0.2) is 5.70 Å². The Bertz CT molecular complexity index is 810. The highest BCUT2D eigenvalue weighted by molar-refractivity contribution is 6.57. The van der Waals surface area contributed by atoms with Gasteiger partial charge in [-0.1, -0.05) is 0 Å². The molecular weight excluding hydrogens is 261 g/mol. The SMILES string of the molecule is Cn1ccc(C2=C3C=CC=[N+]3[B-](F)(F)n3cccc32)n1. The van der Waals surface area contributed by atoms with E-state index >= 15 is 0 Å². The van der Waals surface area contributed by atoms with Gasteiger partial charge in [0.25, 0.3) is 0 Å². The van der Waals surface area contributed by atoms with Crippen molar-refractivity contribution in [3.8, 4) is 0 Å². The number of aryl methyl sites for hydroxylation is 1. The molecule has 0 saturated carbocycles. The van der Waals surface area contributed by atoms with Crippen LogP contribution in [0, 0.1) is 0 Å². The van der Waals surface area contributed by atoms with E-state index in [2.05, 4.69) is 5.10 Å². The smallest absolute Gasteiger partial charge is 0.396 e. The number of nitrogens with zero attached hydrogens (tertiary/aromatic N) is 4. The monoisotopic (exact) mass is 272 g/mol. The number of hydrogen-bond acceptors (Lipinski definition) is 1. The molecule has 0 fully saturated rings. The topological polar surface area (TPSA) is 25.8 Å². The average Bonchev–Trinajstić information content (AvgIpc) is 3.09. The number of halogens is 2. The molecule has 100 valence electrons. The Balaban J connectivity index is 2.07. The van der Waals surface area contributed by atoms with Crippen molar-refractivity contribution in [2.45, 2.75) is 0 Å². The molecular formula is C13H11BF2N4. The Morgan fingerprint density at radius 1 is 1.25 bits per heavy atom. The van der Waals surface area contributed by atoms with Gasteiger partial charge in [0.1, 0.15) is 11.9 Å². The van der Waals surface area contributed by atoms with Crippen LogP contribution in [0.2, 0.25) is 0 Å². The molecule has 7 heteroatoms. The molecule has 2 aliphatic rings. The molecule has 0 unspecified atom stereocenters. The van der Waals surface area contributed by atoms with E-state index in [0.717, 1.165) is 14.5 Å². The number of rotatable bonds is 1. The standard InChI is InChI=1S/C13H11BF2N4/c1-18-9-6-10(17-18)13-11-4-2-7-19(11)14(15,16)20-8-3-5-12(13)20/h2-9H,1H3. The summed E-state index contributed by atoms with van der Waals surface area (Å²) in [5, 5.41) is 4.35. The molecule has 0 saturated heterocycles. The molecule has 0 bridgehead atoms. The van der Waals surface area contributed by atoms with Crippen LogP contribution in [0.5, 0.6) is 0 Å². The second kappa shape index (κ2) is 3.56. The normalized spacial score (nSPS) is 19.1. The molecule has 2 aliphatic heterocycles. The Morgan fingerprint density at radius 2 is 2.10 bits per heavy atom. The van der Waals surface area contributed by atoms with E-state index in [0.29, 0.717) is 17.1 Å². The molecule has 0 radical (unpaired) electrons. The fraction of sp³-hybridized carbons (Fsp3) is 0.0769. The first-order chi connectivity index (χ1) is 9.59. The van der Waals surface area contributed by atoms with Crippen LogP contribution in [0.4, 0.5) is 8.63 Å². The Hall–Kier alpha value is -2.44. The molecule has 4 nitrogen and oxygen atoms in total. The van der Waals surface area contributed by atoms with Gasteiger partial charge in [-0.25, -0.2) is 0 Å². The minimum atomic E-state index is -3.83. The lowest BCUT2D eigenvalue weighted by Crippen LogP contribution is -2.49. The van der Waals surface area contributed by atoms with E-state index in [1.807, 2.05) is 13.1 Å². The Morgan fingerprint density at radius 3 is 2.85 bits per heavy atom. The first-order valence-electron chi connectivity index (χ1n) is 6.33. The van der Waals surface area contributed by atoms with Gasteiger partial charge in [-0.15, -0.1) is 0 Å². The largest absolute Gasteiger partial charge is 0.737 e. The number of hydrogen-bond donors (Lipinski definition) is 0. The van der Waals surface area contributed by atoms with Crippen LogP contribution in [-0.4, -0.2) is 31.9 Å². The predicted molar refractivity (Wildman–Crippen MR) is 72.5 cm³/mol. The Labute approximate surface area is 114 Å². The third-order valence-electron chi connectivity index (χ3n) is 3.71. The van der Waals surface area contributed by atoms with Crippen molar-refractivity contribution in [3.05, 3.63) is 59.8 Å². The number of allylic oxidation sites excluding steroid dienone is 2. The van der Waals surface area contributed by atoms with Crippen LogP contribution >= 0.6 is 0 Å². The van der Waals surface area contributed by atoms with Crippen molar-refractivity contribution in [1.82, 2.24) is 14.3 Å². The maximum Gasteiger partial charge on any atom is 0.737 e. The zero-order valence-corrected chi connectivity index (χ0v) is 10.7. The number of fused-ring (bicyclic) bond motifs is 2. The van der Waals surface area contributed by atoms with Gasteiger partial charge in [-0.05, 0) is 24.4 Å². The van der Waals surface area contributed by atoms with E-state index < -0.39 is 6.97 Å². The fourth-order valence-electron chi connectivity index (χ4n) is 2.83. The Kier molecular flexibility index (Phi) is 2.03. The van der Waals surface area contributed by atoms with Gasteiger partial charge < -0.3 is 17.6 Å². The summed E-state index contributed by atoms with van der Waals surface area (Å²) in [6.45, 7) is -3.83. The van der Waals surface area contributed by atoms with Gasteiger partial charge in [0.05, 0.1) is 5.57 Å². The molecule has 0 aromatic carbocycles. The highest BCUT2D eigenvalue weighted by Crippen LogP contribution is 2.37. The summed E-state index contributed by atoms with van der Waals surface area (Å²) >= 11 is 0. The van der Waals surface area contributed by atoms with Crippen LogP contribution < -0.4 is 0 Å². The summed E-state index contributed by atoms with van der Waals surface area (Å²) in [6, 6.07) is 5.18. The molecule has 2 aromatic rings. The third kappa shape index (κ3) is 1.29. The first kappa shape index (κ1) is 11.4. The molecule has 0 spiro atoms. The molecule has 0 atom stereocenters. The van der Waals surface area contributed by atoms with Gasteiger partial charge >= 0.3 is 6.97 Å². The second-order valence-electron chi connectivity index (χ2n) is 4.94. The lowest BCUT2D eigenvalue weighted by atomic mass is 9.88.